The number of hydrogen-bond acceptors (Lipinski definition) is 4. The zero-order chi connectivity index (χ0) is 27.0. The zero-order valence-corrected chi connectivity index (χ0v) is 23.1. The van der Waals surface area contributed by atoms with E-state index in [9.17, 15) is 14.4 Å². The van der Waals surface area contributed by atoms with Gasteiger partial charge < -0.3 is 20.7 Å². The average molecular weight is 523 g/mol. The van der Waals surface area contributed by atoms with Crippen LogP contribution in [0, 0.1) is 23.7 Å². The molecule has 0 aromatic heterocycles. The summed E-state index contributed by atoms with van der Waals surface area (Å²) in [7, 11) is 0. The van der Waals surface area contributed by atoms with E-state index in [1.54, 1.807) is 11.8 Å². The van der Waals surface area contributed by atoms with Crippen molar-refractivity contribution in [2.45, 2.75) is 84.2 Å². The predicted molar refractivity (Wildman–Crippen MR) is 146 cm³/mol. The van der Waals surface area contributed by atoms with Gasteiger partial charge in [0.2, 0.25) is 0 Å². The highest BCUT2D eigenvalue weighted by molar-refractivity contribution is 5.95. The summed E-state index contributed by atoms with van der Waals surface area (Å²) in [4.78, 5) is 40.9. The molecule has 1 unspecified atom stereocenters. The number of hydrogen-bond donors (Lipinski definition) is 3. The van der Waals surface area contributed by atoms with Crippen LogP contribution < -0.4 is 16.0 Å². The van der Waals surface area contributed by atoms with Crippen LogP contribution in [0.3, 0.4) is 0 Å². The summed E-state index contributed by atoms with van der Waals surface area (Å²) in [5.74, 6) is 2.01. The lowest BCUT2D eigenvalue weighted by molar-refractivity contribution is -0.140. The minimum absolute atomic E-state index is 0.0796. The molecule has 1 aliphatic heterocycles. The summed E-state index contributed by atoms with van der Waals surface area (Å²) in [6.07, 6.45) is 7.98. The molecular formula is C30H42N4O4. The monoisotopic (exact) mass is 522 g/mol. The number of nitrogens with zero attached hydrogens (tertiary/aromatic N) is 1. The Morgan fingerprint density at radius 2 is 1.79 bits per heavy atom. The Kier molecular flexibility index (Phi) is 7.43. The molecule has 6 rings (SSSR count). The minimum atomic E-state index is -0.664. The standard InChI is InChI=1S/C30H42N4O4/c1-5-9-34-19(4)25(27(35)38-17-18(2)3)26(32-29(34)37)23-7-6-8-24(13-23)31-28(36)33-30-14-20-10-21(15-30)12-22(11-20)16-30/h6-8,13,18,20-22,26H,5,9-12,14-17H2,1-4H3,(H,32,37)(H2,31,33,36). The molecule has 0 radical (unpaired) electrons. The maximum absolute atomic E-state index is 13.2. The van der Waals surface area contributed by atoms with Crippen LogP contribution in [0.1, 0.15) is 84.2 Å². The fraction of sp³-hybridized carbons (Fsp3) is 0.633. The fourth-order valence-electron chi connectivity index (χ4n) is 7.57. The van der Waals surface area contributed by atoms with Gasteiger partial charge in [-0.25, -0.2) is 14.4 Å². The van der Waals surface area contributed by atoms with Crippen LogP contribution in [0.25, 0.3) is 0 Å². The van der Waals surface area contributed by atoms with Crippen LogP contribution in [0.15, 0.2) is 35.5 Å². The van der Waals surface area contributed by atoms with E-state index in [0.29, 0.717) is 30.1 Å². The minimum Gasteiger partial charge on any atom is -0.462 e. The summed E-state index contributed by atoms with van der Waals surface area (Å²) >= 11 is 0. The van der Waals surface area contributed by atoms with Gasteiger partial charge >= 0.3 is 18.0 Å². The Morgan fingerprint density at radius 1 is 1.13 bits per heavy atom. The van der Waals surface area contributed by atoms with Crippen molar-refractivity contribution >= 4 is 23.7 Å². The molecule has 4 saturated carbocycles. The van der Waals surface area contributed by atoms with Gasteiger partial charge in [0.05, 0.1) is 18.2 Å². The van der Waals surface area contributed by atoms with E-state index >= 15 is 0 Å². The summed E-state index contributed by atoms with van der Waals surface area (Å²) < 4.78 is 5.60. The highest BCUT2D eigenvalue weighted by Gasteiger charge is 2.51. The van der Waals surface area contributed by atoms with Crippen LogP contribution in [0.5, 0.6) is 0 Å². The molecule has 1 atom stereocenters. The smallest absolute Gasteiger partial charge is 0.338 e. The van der Waals surface area contributed by atoms with Crippen LogP contribution in [0.2, 0.25) is 0 Å². The molecule has 4 amide bonds. The number of urea groups is 2. The number of rotatable bonds is 8. The second kappa shape index (κ2) is 10.6. The Morgan fingerprint density at radius 3 is 2.39 bits per heavy atom. The first kappa shape index (κ1) is 26.6. The number of ether oxygens (including phenoxy) is 1. The molecule has 8 nitrogen and oxygen atoms in total. The number of carbonyl (C=O) groups excluding carboxylic acids is 3. The molecule has 3 N–H and O–H groups in total. The van der Waals surface area contributed by atoms with Crippen molar-refractivity contribution in [1.82, 2.24) is 15.5 Å². The van der Waals surface area contributed by atoms with E-state index in [-0.39, 0.29) is 23.5 Å². The first-order valence-corrected chi connectivity index (χ1v) is 14.3. The first-order valence-electron chi connectivity index (χ1n) is 14.3. The van der Waals surface area contributed by atoms with E-state index in [4.69, 9.17) is 4.74 Å². The van der Waals surface area contributed by atoms with Crippen molar-refractivity contribution in [3.8, 4) is 0 Å². The Bertz CT molecular complexity index is 1090. The summed E-state index contributed by atoms with van der Waals surface area (Å²) in [6.45, 7) is 8.58. The lowest BCUT2D eigenvalue weighted by Crippen LogP contribution is -2.60. The molecule has 206 valence electrons. The normalized spacial score (nSPS) is 29.9. The number of allylic oxidation sites excluding steroid dienone is 1. The third kappa shape index (κ3) is 5.40. The predicted octanol–water partition coefficient (Wildman–Crippen LogP) is 5.73. The Hall–Kier alpha value is -3.03. The maximum Gasteiger partial charge on any atom is 0.338 e. The highest BCUT2D eigenvalue weighted by atomic mass is 16.5. The molecule has 4 fully saturated rings. The third-order valence-corrected chi connectivity index (χ3v) is 8.71. The van der Waals surface area contributed by atoms with Crippen LogP contribution in [-0.2, 0) is 9.53 Å². The maximum atomic E-state index is 13.2. The van der Waals surface area contributed by atoms with E-state index in [0.717, 1.165) is 49.0 Å². The molecule has 1 heterocycles. The van der Waals surface area contributed by atoms with Gasteiger partial charge in [0.25, 0.3) is 0 Å². The SMILES string of the molecule is CCCN1C(=O)NC(c2cccc(NC(=O)NC34CC5CC(CC(C5)C3)C4)c2)C(C(=O)OCC(C)C)=C1C. The topological polar surface area (TPSA) is 99.8 Å². The Balaban J connectivity index is 1.34. The van der Waals surface area contributed by atoms with Gasteiger partial charge in [-0.3, -0.25) is 4.90 Å². The fourth-order valence-corrected chi connectivity index (χ4v) is 7.57. The van der Waals surface area contributed by atoms with Crippen molar-refractivity contribution in [3.63, 3.8) is 0 Å². The van der Waals surface area contributed by atoms with Crippen LogP contribution >= 0.6 is 0 Å². The number of esters is 1. The second-order valence-electron chi connectivity index (χ2n) is 12.4. The van der Waals surface area contributed by atoms with Crippen molar-refractivity contribution in [2.75, 3.05) is 18.5 Å². The molecule has 1 aromatic rings. The molecular weight excluding hydrogens is 480 g/mol. The molecule has 1 aromatic carbocycles. The van der Waals surface area contributed by atoms with Crippen molar-refractivity contribution in [3.05, 3.63) is 41.1 Å². The van der Waals surface area contributed by atoms with E-state index in [1.807, 2.05) is 45.0 Å². The number of carbonyl (C=O) groups is 3. The van der Waals surface area contributed by atoms with E-state index in [1.165, 1.54) is 19.3 Å². The molecule has 38 heavy (non-hydrogen) atoms. The lowest BCUT2D eigenvalue weighted by Gasteiger charge is -2.56. The van der Waals surface area contributed by atoms with Crippen molar-refractivity contribution in [2.24, 2.45) is 23.7 Å². The number of amides is 4. The highest BCUT2D eigenvalue weighted by Crippen LogP contribution is 2.55. The Labute approximate surface area is 225 Å². The van der Waals surface area contributed by atoms with Gasteiger partial charge in [0, 0.05) is 23.5 Å². The van der Waals surface area contributed by atoms with E-state index in [2.05, 4.69) is 16.0 Å². The van der Waals surface area contributed by atoms with Gasteiger partial charge in [-0.15, -0.1) is 0 Å². The molecule has 4 bridgehead atoms. The zero-order valence-electron chi connectivity index (χ0n) is 23.1. The van der Waals surface area contributed by atoms with Crippen molar-refractivity contribution in [1.29, 1.82) is 0 Å². The van der Waals surface area contributed by atoms with Gasteiger partial charge in [-0.05, 0) is 93.2 Å². The van der Waals surface area contributed by atoms with Gasteiger partial charge in [-0.2, -0.15) is 0 Å². The molecule has 0 saturated heterocycles. The second-order valence-corrected chi connectivity index (χ2v) is 12.4. The number of anilines is 1. The van der Waals surface area contributed by atoms with Crippen LogP contribution in [0.4, 0.5) is 15.3 Å². The summed E-state index contributed by atoms with van der Waals surface area (Å²) in [5, 5.41) is 9.38. The van der Waals surface area contributed by atoms with Gasteiger partial charge in [0.15, 0.2) is 0 Å². The molecule has 0 spiro atoms. The molecule has 5 aliphatic rings. The first-order chi connectivity index (χ1) is 18.2. The lowest BCUT2D eigenvalue weighted by atomic mass is 9.53. The number of benzene rings is 1. The van der Waals surface area contributed by atoms with E-state index < -0.39 is 12.0 Å². The van der Waals surface area contributed by atoms with Gasteiger partial charge in [0.1, 0.15) is 0 Å². The summed E-state index contributed by atoms with van der Waals surface area (Å²) in [5.41, 5.74) is 2.30. The van der Waals surface area contributed by atoms with Gasteiger partial charge in [-0.1, -0.05) is 32.9 Å². The largest absolute Gasteiger partial charge is 0.462 e. The molecule has 8 heteroatoms. The van der Waals surface area contributed by atoms with Crippen LogP contribution in [-0.4, -0.2) is 41.6 Å². The summed E-state index contributed by atoms with van der Waals surface area (Å²) in [6, 6.07) is 6.29. The quantitative estimate of drug-likeness (QED) is 0.380. The van der Waals surface area contributed by atoms with Crippen molar-refractivity contribution < 1.29 is 19.1 Å². The third-order valence-electron chi connectivity index (χ3n) is 8.71. The number of nitrogens with one attached hydrogen (secondary N) is 3. The molecule has 4 aliphatic carbocycles. The average Bonchev–Trinajstić information content (AvgIpc) is 2.83.